The monoisotopic (exact) mass is 297 g/mol. The summed E-state index contributed by atoms with van der Waals surface area (Å²) in [6.07, 6.45) is 0.468. The molecule has 0 saturated carbocycles. The maximum Gasteiger partial charge on any atom is 0.186 e. The molecule has 1 aromatic rings. The predicted octanol–water partition coefficient (Wildman–Crippen LogP) is 2.70. The van der Waals surface area contributed by atoms with E-state index in [1.54, 1.807) is 12.1 Å². The van der Waals surface area contributed by atoms with E-state index in [1.807, 2.05) is 40.7 Å². The van der Waals surface area contributed by atoms with E-state index in [9.17, 15) is 8.42 Å². The van der Waals surface area contributed by atoms with Crippen LogP contribution in [-0.2, 0) is 14.6 Å². The summed E-state index contributed by atoms with van der Waals surface area (Å²) in [6, 6.07) is 5.13. The average Bonchev–Trinajstić information content (AvgIpc) is 2.51. The van der Waals surface area contributed by atoms with Gasteiger partial charge in [0, 0.05) is 0 Å². The number of para-hydroxylation sites is 1. The van der Waals surface area contributed by atoms with Crippen LogP contribution in [0.2, 0.25) is 0 Å². The molecule has 5 heteroatoms. The molecule has 0 aromatic heterocycles. The van der Waals surface area contributed by atoms with Crippen LogP contribution in [0.5, 0.6) is 0 Å². The van der Waals surface area contributed by atoms with Gasteiger partial charge in [0.1, 0.15) is 0 Å². The maximum atomic E-state index is 13.0. The van der Waals surface area contributed by atoms with Crippen molar-refractivity contribution in [1.29, 1.82) is 0 Å². The Morgan fingerprint density at radius 3 is 2.35 bits per heavy atom. The predicted molar refractivity (Wildman–Crippen MR) is 80.4 cm³/mol. The highest BCUT2D eigenvalue weighted by Gasteiger charge is 2.52. The van der Waals surface area contributed by atoms with E-state index in [0.29, 0.717) is 12.1 Å². The van der Waals surface area contributed by atoms with Gasteiger partial charge < -0.3 is 10.5 Å². The van der Waals surface area contributed by atoms with Crippen LogP contribution < -0.4 is 5.73 Å². The highest BCUT2D eigenvalue weighted by Crippen LogP contribution is 2.43. The largest absolute Gasteiger partial charge is 0.397 e. The van der Waals surface area contributed by atoms with E-state index in [1.165, 1.54) is 0 Å². The third kappa shape index (κ3) is 2.44. The van der Waals surface area contributed by atoms with Gasteiger partial charge in [0.25, 0.3) is 0 Å². The van der Waals surface area contributed by atoms with Crippen LogP contribution in [0, 0.1) is 6.92 Å². The molecule has 112 valence electrons. The Bertz CT molecular complexity index is 633. The molecule has 0 amide bonds. The zero-order chi connectivity index (χ0) is 15.3. The first-order valence-electron chi connectivity index (χ1n) is 6.76. The molecule has 1 atom stereocenters. The molecule has 2 N–H and O–H groups in total. The van der Waals surface area contributed by atoms with E-state index in [4.69, 9.17) is 10.5 Å². The molecular weight excluding hydrogens is 274 g/mol. The number of benzene rings is 1. The van der Waals surface area contributed by atoms with Crippen molar-refractivity contribution < 1.29 is 13.2 Å². The molecule has 0 bridgehead atoms. The standard InChI is InChI=1S/C15H23NO3S/c1-10-7-6-8-11(13(10)16)20(17,18)12-9-14(2,3)19-15(12,4)5/h6-8,12H,9,16H2,1-5H3. The molecular formula is C15H23NO3S. The molecule has 0 radical (unpaired) electrons. The van der Waals surface area contributed by atoms with E-state index in [0.717, 1.165) is 5.56 Å². The molecule has 1 aromatic carbocycles. The van der Waals surface area contributed by atoms with Gasteiger partial charge in [0.05, 0.1) is 27.0 Å². The van der Waals surface area contributed by atoms with Crippen LogP contribution in [0.15, 0.2) is 23.1 Å². The van der Waals surface area contributed by atoms with Gasteiger partial charge in [-0.1, -0.05) is 12.1 Å². The van der Waals surface area contributed by atoms with Gasteiger partial charge >= 0.3 is 0 Å². The lowest BCUT2D eigenvalue weighted by molar-refractivity contribution is -0.0635. The minimum atomic E-state index is -3.52. The molecule has 20 heavy (non-hydrogen) atoms. The summed E-state index contributed by atoms with van der Waals surface area (Å²) in [6.45, 7) is 9.31. The number of anilines is 1. The molecule has 0 aliphatic carbocycles. The SMILES string of the molecule is Cc1cccc(S(=O)(=O)C2CC(C)(C)OC2(C)C)c1N. The third-order valence-electron chi connectivity index (χ3n) is 3.96. The zero-order valence-corrected chi connectivity index (χ0v) is 13.5. The highest BCUT2D eigenvalue weighted by atomic mass is 32.2. The Kier molecular flexibility index (Phi) is 3.42. The van der Waals surface area contributed by atoms with E-state index in [-0.39, 0.29) is 4.90 Å². The van der Waals surface area contributed by atoms with Gasteiger partial charge in [-0.2, -0.15) is 0 Å². The van der Waals surface area contributed by atoms with Crippen molar-refractivity contribution in [3.63, 3.8) is 0 Å². The quantitative estimate of drug-likeness (QED) is 0.852. The zero-order valence-electron chi connectivity index (χ0n) is 12.7. The topological polar surface area (TPSA) is 69.4 Å². The lowest BCUT2D eigenvalue weighted by atomic mass is 10.0. The number of nitrogen functional groups attached to an aromatic ring is 1. The van der Waals surface area contributed by atoms with Gasteiger partial charge in [0.2, 0.25) is 0 Å². The van der Waals surface area contributed by atoms with Crippen LogP contribution in [0.25, 0.3) is 0 Å². The summed E-state index contributed by atoms with van der Waals surface area (Å²) in [7, 11) is -3.52. The average molecular weight is 297 g/mol. The van der Waals surface area contributed by atoms with Crippen molar-refractivity contribution in [2.45, 2.75) is 62.4 Å². The lowest BCUT2D eigenvalue weighted by Crippen LogP contribution is -2.38. The molecule has 4 nitrogen and oxygen atoms in total. The first-order chi connectivity index (χ1) is 8.97. The van der Waals surface area contributed by atoms with Crippen LogP contribution in [0.1, 0.15) is 39.7 Å². The third-order valence-corrected chi connectivity index (χ3v) is 6.41. The molecule has 1 fully saturated rings. The van der Waals surface area contributed by atoms with Crippen LogP contribution in [-0.4, -0.2) is 24.9 Å². The van der Waals surface area contributed by atoms with Crippen molar-refractivity contribution in [3.05, 3.63) is 23.8 Å². The fourth-order valence-corrected chi connectivity index (χ4v) is 5.51. The fourth-order valence-electron chi connectivity index (χ4n) is 3.05. The Balaban J connectivity index is 2.54. The van der Waals surface area contributed by atoms with Gasteiger partial charge in [-0.15, -0.1) is 0 Å². The molecule has 1 saturated heterocycles. The number of ether oxygens (including phenoxy) is 1. The minimum absolute atomic E-state index is 0.219. The summed E-state index contributed by atoms with van der Waals surface area (Å²) in [5, 5.41) is -0.589. The second-order valence-corrected chi connectivity index (χ2v) is 8.79. The van der Waals surface area contributed by atoms with E-state index < -0.39 is 26.3 Å². The normalized spacial score (nSPS) is 24.8. The number of nitrogens with two attached hydrogens (primary N) is 1. The highest BCUT2D eigenvalue weighted by molar-refractivity contribution is 7.92. The molecule has 1 unspecified atom stereocenters. The summed E-state index contributed by atoms with van der Waals surface area (Å²) in [5.74, 6) is 0. The molecule has 2 rings (SSSR count). The number of sulfone groups is 1. The summed E-state index contributed by atoms with van der Waals surface area (Å²) >= 11 is 0. The maximum absolute atomic E-state index is 13.0. The molecule has 1 aliphatic rings. The Hall–Kier alpha value is -1.07. The van der Waals surface area contributed by atoms with E-state index in [2.05, 4.69) is 0 Å². The number of hydrogen-bond donors (Lipinski definition) is 1. The first kappa shape index (κ1) is 15.3. The van der Waals surface area contributed by atoms with Crippen LogP contribution >= 0.6 is 0 Å². The summed E-state index contributed by atoms with van der Waals surface area (Å²) in [5.41, 5.74) is 5.92. The second kappa shape index (κ2) is 4.46. The summed E-state index contributed by atoms with van der Waals surface area (Å²) < 4.78 is 31.8. The Morgan fingerprint density at radius 2 is 1.85 bits per heavy atom. The van der Waals surface area contributed by atoms with Gasteiger partial charge in [-0.05, 0) is 52.7 Å². The molecule has 1 aliphatic heterocycles. The van der Waals surface area contributed by atoms with Gasteiger partial charge in [-0.25, -0.2) is 8.42 Å². The van der Waals surface area contributed by atoms with Crippen molar-refractivity contribution in [3.8, 4) is 0 Å². The van der Waals surface area contributed by atoms with E-state index >= 15 is 0 Å². The minimum Gasteiger partial charge on any atom is -0.397 e. The van der Waals surface area contributed by atoms with Crippen molar-refractivity contribution >= 4 is 15.5 Å². The Labute approximate surface area is 121 Å². The van der Waals surface area contributed by atoms with Gasteiger partial charge in [-0.3, -0.25) is 0 Å². The van der Waals surface area contributed by atoms with Crippen LogP contribution in [0.3, 0.4) is 0 Å². The first-order valence-corrected chi connectivity index (χ1v) is 8.31. The van der Waals surface area contributed by atoms with Crippen molar-refractivity contribution in [2.75, 3.05) is 5.73 Å². The van der Waals surface area contributed by atoms with Gasteiger partial charge in [0.15, 0.2) is 9.84 Å². The van der Waals surface area contributed by atoms with Crippen molar-refractivity contribution in [2.24, 2.45) is 0 Å². The number of aryl methyl sites for hydroxylation is 1. The Morgan fingerprint density at radius 1 is 1.25 bits per heavy atom. The van der Waals surface area contributed by atoms with Crippen molar-refractivity contribution in [1.82, 2.24) is 0 Å². The second-order valence-electron chi connectivity index (χ2n) is 6.69. The summed E-state index contributed by atoms with van der Waals surface area (Å²) in [4.78, 5) is 0.219. The fraction of sp³-hybridized carbons (Fsp3) is 0.600. The number of rotatable bonds is 2. The lowest BCUT2D eigenvalue weighted by Gasteiger charge is -2.27. The van der Waals surface area contributed by atoms with Crippen LogP contribution in [0.4, 0.5) is 5.69 Å². The molecule has 1 heterocycles. The number of hydrogen-bond acceptors (Lipinski definition) is 4. The molecule has 0 spiro atoms. The smallest absolute Gasteiger partial charge is 0.186 e.